The lowest BCUT2D eigenvalue weighted by molar-refractivity contribution is 0.174. The minimum absolute atomic E-state index is 0.801. The highest BCUT2D eigenvalue weighted by molar-refractivity contribution is 4.73. The summed E-state index contributed by atoms with van der Waals surface area (Å²) in [5, 5.41) is 0. The summed E-state index contributed by atoms with van der Waals surface area (Å²) in [6.45, 7) is 10.4. The Balaban J connectivity index is 4.01. The van der Waals surface area contributed by atoms with Crippen LogP contribution < -0.4 is 0 Å². The molecule has 0 aromatic heterocycles. The zero-order valence-corrected chi connectivity index (χ0v) is 10.1. The van der Waals surface area contributed by atoms with Crippen LogP contribution in [0.2, 0.25) is 0 Å². The Morgan fingerprint density at radius 3 is 2.15 bits per heavy atom. The molecule has 2 unspecified atom stereocenters. The predicted molar refractivity (Wildman–Crippen MR) is 61.1 cm³/mol. The van der Waals surface area contributed by atoms with Crippen LogP contribution in [-0.2, 0) is 0 Å². The molecule has 0 saturated heterocycles. The Morgan fingerprint density at radius 1 is 1.15 bits per heavy atom. The normalized spacial score (nSPS) is 16.2. The van der Waals surface area contributed by atoms with Gasteiger partial charge in [-0.1, -0.05) is 47.0 Å². The lowest BCUT2D eigenvalue weighted by atomic mass is 9.93. The van der Waals surface area contributed by atoms with Crippen molar-refractivity contribution in [1.82, 2.24) is 4.90 Å². The lowest BCUT2D eigenvalue weighted by Crippen LogP contribution is -2.36. The molecule has 13 heavy (non-hydrogen) atoms. The molecule has 80 valence electrons. The van der Waals surface area contributed by atoms with Crippen molar-refractivity contribution >= 4 is 0 Å². The van der Waals surface area contributed by atoms with E-state index in [0.717, 1.165) is 12.0 Å². The van der Waals surface area contributed by atoms with E-state index < -0.39 is 0 Å². The van der Waals surface area contributed by atoms with Gasteiger partial charge in [0.15, 0.2) is 0 Å². The average molecular weight is 185 g/mol. The van der Waals surface area contributed by atoms with Gasteiger partial charge in [0.05, 0.1) is 0 Å². The van der Waals surface area contributed by atoms with Crippen molar-refractivity contribution in [2.75, 3.05) is 13.6 Å². The molecule has 0 saturated carbocycles. The lowest BCUT2D eigenvalue weighted by Gasteiger charge is -2.31. The second kappa shape index (κ2) is 7.37. The zero-order valence-electron chi connectivity index (χ0n) is 10.1. The Kier molecular flexibility index (Phi) is 7.35. The van der Waals surface area contributed by atoms with Gasteiger partial charge in [-0.3, -0.25) is 0 Å². The summed E-state index contributed by atoms with van der Waals surface area (Å²) in [5.74, 6) is 0.844. The summed E-state index contributed by atoms with van der Waals surface area (Å²) < 4.78 is 0. The number of nitrogens with zero attached hydrogens (tertiary/aromatic N) is 1. The first-order valence-corrected chi connectivity index (χ1v) is 5.87. The molecular formula is C12H27N. The van der Waals surface area contributed by atoms with Crippen molar-refractivity contribution in [3.63, 3.8) is 0 Å². The summed E-state index contributed by atoms with van der Waals surface area (Å²) in [7, 11) is 2.26. The van der Waals surface area contributed by atoms with Crippen molar-refractivity contribution in [3.05, 3.63) is 0 Å². The molecule has 2 atom stereocenters. The van der Waals surface area contributed by atoms with Crippen molar-refractivity contribution < 1.29 is 0 Å². The monoisotopic (exact) mass is 185 g/mol. The molecule has 0 aliphatic heterocycles. The van der Waals surface area contributed by atoms with Gasteiger partial charge in [-0.05, 0) is 25.9 Å². The third-order valence-electron chi connectivity index (χ3n) is 3.22. The first-order valence-electron chi connectivity index (χ1n) is 5.87. The van der Waals surface area contributed by atoms with Gasteiger partial charge in [0.2, 0.25) is 0 Å². The van der Waals surface area contributed by atoms with Crippen LogP contribution in [0.1, 0.15) is 53.4 Å². The molecule has 0 fully saturated rings. The van der Waals surface area contributed by atoms with Crippen LogP contribution in [0.25, 0.3) is 0 Å². The van der Waals surface area contributed by atoms with E-state index in [2.05, 4.69) is 39.6 Å². The van der Waals surface area contributed by atoms with Crippen molar-refractivity contribution in [1.29, 1.82) is 0 Å². The van der Waals surface area contributed by atoms with Crippen molar-refractivity contribution in [3.8, 4) is 0 Å². The molecule has 0 bridgehead atoms. The molecule has 1 nitrogen and oxygen atoms in total. The smallest absolute Gasteiger partial charge is 0.0118 e. The summed E-state index contributed by atoms with van der Waals surface area (Å²) in [5.41, 5.74) is 0. The average Bonchev–Trinajstić information content (AvgIpc) is 2.17. The van der Waals surface area contributed by atoms with E-state index in [1.54, 1.807) is 0 Å². The van der Waals surface area contributed by atoms with E-state index in [1.807, 2.05) is 0 Å². The third kappa shape index (κ3) is 4.66. The van der Waals surface area contributed by atoms with Crippen molar-refractivity contribution in [2.24, 2.45) is 5.92 Å². The van der Waals surface area contributed by atoms with Gasteiger partial charge in [-0.2, -0.15) is 0 Å². The second-order valence-corrected chi connectivity index (χ2v) is 4.17. The molecule has 0 heterocycles. The molecule has 0 aliphatic rings. The summed E-state index contributed by atoms with van der Waals surface area (Å²) >= 11 is 0. The highest BCUT2D eigenvalue weighted by Crippen LogP contribution is 2.18. The molecule has 0 N–H and O–H groups in total. The molecule has 0 aromatic rings. The van der Waals surface area contributed by atoms with Crippen LogP contribution >= 0.6 is 0 Å². The maximum absolute atomic E-state index is 2.50. The first-order chi connectivity index (χ1) is 6.17. The van der Waals surface area contributed by atoms with Gasteiger partial charge in [-0.25, -0.2) is 0 Å². The highest BCUT2D eigenvalue weighted by Gasteiger charge is 2.18. The van der Waals surface area contributed by atoms with E-state index >= 15 is 0 Å². The molecular weight excluding hydrogens is 158 g/mol. The second-order valence-electron chi connectivity index (χ2n) is 4.17. The minimum atomic E-state index is 0.801. The van der Waals surface area contributed by atoms with Crippen LogP contribution in [0.4, 0.5) is 0 Å². The Bertz CT molecular complexity index is 102. The van der Waals surface area contributed by atoms with Gasteiger partial charge in [0, 0.05) is 6.04 Å². The Morgan fingerprint density at radius 2 is 1.77 bits per heavy atom. The highest BCUT2D eigenvalue weighted by atomic mass is 15.1. The standard InChI is InChI=1S/C12H27N/c1-6-9-10-12(11(4)7-2)13(5)8-3/h11-12H,6-10H2,1-5H3. The molecule has 0 spiro atoms. The number of rotatable bonds is 7. The van der Waals surface area contributed by atoms with Crippen LogP contribution in [0.15, 0.2) is 0 Å². The molecule has 0 aromatic carbocycles. The summed E-state index contributed by atoms with van der Waals surface area (Å²) in [6.07, 6.45) is 5.37. The number of hydrogen-bond acceptors (Lipinski definition) is 1. The van der Waals surface area contributed by atoms with E-state index in [9.17, 15) is 0 Å². The fraction of sp³-hybridized carbons (Fsp3) is 1.00. The van der Waals surface area contributed by atoms with E-state index in [4.69, 9.17) is 0 Å². The largest absolute Gasteiger partial charge is 0.303 e. The maximum Gasteiger partial charge on any atom is 0.0118 e. The van der Waals surface area contributed by atoms with Gasteiger partial charge >= 0.3 is 0 Å². The fourth-order valence-electron chi connectivity index (χ4n) is 1.86. The maximum atomic E-state index is 2.50. The number of unbranched alkanes of at least 4 members (excludes halogenated alkanes) is 1. The van der Waals surface area contributed by atoms with Crippen LogP contribution in [0, 0.1) is 5.92 Å². The predicted octanol–water partition coefficient (Wildman–Crippen LogP) is 3.54. The Hall–Kier alpha value is -0.0400. The van der Waals surface area contributed by atoms with Crippen LogP contribution in [0.5, 0.6) is 0 Å². The molecule has 1 heteroatoms. The van der Waals surface area contributed by atoms with E-state index in [-0.39, 0.29) is 0 Å². The van der Waals surface area contributed by atoms with Gasteiger partial charge in [-0.15, -0.1) is 0 Å². The molecule has 0 rings (SSSR count). The quantitative estimate of drug-likeness (QED) is 0.586. The van der Waals surface area contributed by atoms with Crippen molar-refractivity contribution in [2.45, 2.75) is 59.4 Å². The molecule has 0 aliphatic carbocycles. The van der Waals surface area contributed by atoms with Gasteiger partial charge in [0.25, 0.3) is 0 Å². The van der Waals surface area contributed by atoms with Crippen LogP contribution in [-0.4, -0.2) is 24.5 Å². The number of hydrogen-bond donors (Lipinski definition) is 0. The summed E-state index contributed by atoms with van der Waals surface area (Å²) in [4.78, 5) is 2.50. The zero-order chi connectivity index (χ0) is 10.3. The minimum Gasteiger partial charge on any atom is -0.303 e. The third-order valence-corrected chi connectivity index (χ3v) is 3.22. The Labute approximate surface area is 84.5 Å². The van der Waals surface area contributed by atoms with Gasteiger partial charge < -0.3 is 4.90 Å². The topological polar surface area (TPSA) is 3.24 Å². The first kappa shape index (κ1) is 13.0. The van der Waals surface area contributed by atoms with E-state index in [0.29, 0.717) is 0 Å². The summed E-state index contributed by atoms with van der Waals surface area (Å²) in [6, 6.07) is 0.801. The van der Waals surface area contributed by atoms with Gasteiger partial charge in [0.1, 0.15) is 0 Å². The molecule has 0 amide bonds. The SMILES string of the molecule is CCCCC(C(C)CC)N(C)CC. The fourth-order valence-corrected chi connectivity index (χ4v) is 1.86. The van der Waals surface area contributed by atoms with Crippen LogP contribution in [0.3, 0.4) is 0 Å². The molecule has 0 radical (unpaired) electrons. The van der Waals surface area contributed by atoms with E-state index in [1.165, 1.54) is 32.2 Å².